The predicted molar refractivity (Wildman–Crippen MR) is 62.5 cm³/mol. The second-order valence-electron chi connectivity index (χ2n) is 2.96. The monoisotopic (exact) mass is 301 g/mol. The van der Waals surface area contributed by atoms with Crippen LogP contribution in [0.25, 0.3) is 0 Å². The number of halogens is 1. The van der Waals surface area contributed by atoms with Crippen LogP contribution in [0.4, 0.5) is 0 Å². The molecule has 0 atom stereocenters. The molecule has 2 aromatic heterocycles. The zero-order valence-electron chi connectivity index (χ0n) is 8.38. The summed E-state index contributed by atoms with van der Waals surface area (Å²) in [6, 6.07) is 3.96. The number of esters is 1. The molecule has 0 aromatic carbocycles. The standard InChI is InChI=1S/C9H8BrN3O2S/c1-15-9(14)8-11-5-13(12-8)4-6-2-3-7(10)16-6/h2-3,5H,4H2,1H3. The molecule has 0 spiro atoms. The fraction of sp³-hybridized carbons (Fsp3) is 0.222. The van der Waals surface area contributed by atoms with Crippen LogP contribution < -0.4 is 0 Å². The summed E-state index contributed by atoms with van der Waals surface area (Å²) < 4.78 is 7.19. The topological polar surface area (TPSA) is 57.0 Å². The van der Waals surface area contributed by atoms with Gasteiger partial charge in [-0.05, 0) is 28.1 Å². The van der Waals surface area contributed by atoms with Crippen LogP contribution in [0.15, 0.2) is 22.2 Å². The smallest absolute Gasteiger partial charge is 0.377 e. The normalized spacial score (nSPS) is 10.4. The quantitative estimate of drug-likeness (QED) is 0.813. The minimum absolute atomic E-state index is 0.0816. The Balaban J connectivity index is 2.11. The second kappa shape index (κ2) is 4.75. The lowest BCUT2D eigenvalue weighted by atomic mass is 10.5. The van der Waals surface area contributed by atoms with Gasteiger partial charge in [-0.15, -0.1) is 16.4 Å². The molecule has 0 aliphatic heterocycles. The van der Waals surface area contributed by atoms with Gasteiger partial charge in [-0.25, -0.2) is 14.5 Å². The van der Waals surface area contributed by atoms with Crippen LogP contribution in [0.5, 0.6) is 0 Å². The maximum Gasteiger partial charge on any atom is 0.377 e. The third-order valence-corrected chi connectivity index (χ3v) is 3.46. The number of rotatable bonds is 3. The second-order valence-corrected chi connectivity index (χ2v) is 5.51. The molecule has 0 bridgehead atoms. The van der Waals surface area contributed by atoms with Crippen LogP contribution >= 0.6 is 27.3 Å². The molecule has 0 unspecified atom stereocenters. The van der Waals surface area contributed by atoms with Crippen molar-refractivity contribution in [2.75, 3.05) is 7.11 Å². The first-order chi connectivity index (χ1) is 7.69. The van der Waals surface area contributed by atoms with E-state index >= 15 is 0 Å². The molecular formula is C9H8BrN3O2S. The molecule has 2 heterocycles. The van der Waals surface area contributed by atoms with E-state index in [9.17, 15) is 4.79 Å². The molecule has 0 aliphatic carbocycles. The minimum atomic E-state index is -0.522. The van der Waals surface area contributed by atoms with Gasteiger partial charge >= 0.3 is 5.97 Å². The van der Waals surface area contributed by atoms with Crippen molar-refractivity contribution in [1.82, 2.24) is 14.8 Å². The average molecular weight is 302 g/mol. The molecule has 0 aliphatic rings. The van der Waals surface area contributed by atoms with Crippen molar-refractivity contribution in [3.63, 3.8) is 0 Å². The Morgan fingerprint density at radius 2 is 2.44 bits per heavy atom. The van der Waals surface area contributed by atoms with E-state index < -0.39 is 5.97 Å². The number of methoxy groups -OCH3 is 1. The summed E-state index contributed by atoms with van der Waals surface area (Å²) in [5, 5.41) is 4.01. The molecule has 0 radical (unpaired) electrons. The maximum atomic E-state index is 11.1. The van der Waals surface area contributed by atoms with Crippen LogP contribution in [-0.4, -0.2) is 27.8 Å². The van der Waals surface area contributed by atoms with E-state index in [-0.39, 0.29) is 5.82 Å². The molecule has 84 valence electrons. The Morgan fingerprint density at radius 1 is 1.62 bits per heavy atom. The van der Waals surface area contributed by atoms with Gasteiger partial charge in [0, 0.05) is 4.88 Å². The summed E-state index contributed by atoms with van der Waals surface area (Å²) in [5.74, 6) is -0.441. The molecular weight excluding hydrogens is 294 g/mol. The zero-order chi connectivity index (χ0) is 11.5. The lowest BCUT2D eigenvalue weighted by Gasteiger charge is -1.95. The van der Waals surface area contributed by atoms with Gasteiger partial charge in [-0.3, -0.25) is 0 Å². The first kappa shape index (κ1) is 11.3. The van der Waals surface area contributed by atoms with Crippen LogP contribution in [0, 0.1) is 0 Å². The van der Waals surface area contributed by atoms with Crippen LogP contribution in [0.1, 0.15) is 15.5 Å². The summed E-state index contributed by atoms with van der Waals surface area (Å²) in [5.41, 5.74) is 0. The molecule has 0 saturated carbocycles. The SMILES string of the molecule is COC(=O)c1ncn(Cc2ccc(Br)s2)n1. The fourth-order valence-electron chi connectivity index (χ4n) is 1.15. The molecule has 5 nitrogen and oxygen atoms in total. The minimum Gasteiger partial charge on any atom is -0.463 e. The number of aromatic nitrogens is 3. The maximum absolute atomic E-state index is 11.1. The molecule has 0 N–H and O–H groups in total. The molecule has 0 fully saturated rings. The first-order valence-electron chi connectivity index (χ1n) is 4.41. The van der Waals surface area contributed by atoms with Crippen LogP contribution in [0.2, 0.25) is 0 Å². The highest BCUT2D eigenvalue weighted by Gasteiger charge is 2.11. The highest BCUT2D eigenvalue weighted by molar-refractivity contribution is 9.11. The molecule has 7 heteroatoms. The Kier molecular flexibility index (Phi) is 3.35. The number of ether oxygens (including phenoxy) is 1. The molecule has 16 heavy (non-hydrogen) atoms. The number of thiophene rings is 1. The lowest BCUT2D eigenvalue weighted by molar-refractivity contribution is 0.0586. The predicted octanol–water partition coefficient (Wildman–Crippen LogP) is 1.94. The van der Waals surface area contributed by atoms with Crippen molar-refractivity contribution in [3.8, 4) is 0 Å². The third-order valence-electron chi connectivity index (χ3n) is 1.85. The molecule has 0 amide bonds. The van der Waals surface area contributed by atoms with Gasteiger partial charge in [0.1, 0.15) is 6.33 Å². The van der Waals surface area contributed by atoms with Gasteiger partial charge in [-0.1, -0.05) is 0 Å². The first-order valence-corrected chi connectivity index (χ1v) is 6.02. The van der Waals surface area contributed by atoms with Gasteiger partial charge in [-0.2, -0.15) is 0 Å². The Bertz CT molecular complexity index is 508. The highest BCUT2D eigenvalue weighted by atomic mass is 79.9. The summed E-state index contributed by atoms with van der Waals surface area (Å²) in [4.78, 5) is 16.1. The van der Waals surface area contributed by atoms with Crippen molar-refractivity contribution in [3.05, 3.63) is 32.9 Å². The molecule has 2 aromatic rings. The van der Waals surface area contributed by atoms with Crippen LogP contribution in [-0.2, 0) is 11.3 Å². The zero-order valence-corrected chi connectivity index (χ0v) is 10.8. The Labute approximate surface area is 104 Å². The number of hydrogen-bond acceptors (Lipinski definition) is 5. The van der Waals surface area contributed by atoms with Crippen molar-refractivity contribution in [2.24, 2.45) is 0 Å². The summed E-state index contributed by atoms with van der Waals surface area (Å²) in [6.45, 7) is 0.597. The lowest BCUT2D eigenvalue weighted by Crippen LogP contribution is -2.06. The summed E-state index contributed by atoms with van der Waals surface area (Å²) in [7, 11) is 1.30. The fourth-order valence-corrected chi connectivity index (χ4v) is 2.63. The number of nitrogens with zero attached hydrogens (tertiary/aromatic N) is 3. The van der Waals surface area contributed by atoms with Crippen molar-refractivity contribution in [2.45, 2.75) is 6.54 Å². The van der Waals surface area contributed by atoms with E-state index in [1.807, 2.05) is 12.1 Å². The van der Waals surface area contributed by atoms with Gasteiger partial charge in [0.25, 0.3) is 5.82 Å². The van der Waals surface area contributed by atoms with Gasteiger partial charge in [0.05, 0.1) is 17.4 Å². The molecule has 2 rings (SSSR count). The van der Waals surface area contributed by atoms with E-state index in [1.54, 1.807) is 16.0 Å². The number of hydrogen-bond donors (Lipinski definition) is 0. The van der Waals surface area contributed by atoms with Gasteiger partial charge in [0.2, 0.25) is 0 Å². The third kappa shape index (κ3) is 2.48. The van der Waals surface area contributed by atoms with Gasteiger partial charge in [0.15, 0.2) is 0 Å². The Morgan fingerprint density at radius 3 is 3.06 bits per heavy atom. The van der Waals surface area contributed by atoms with Gasteiger partial charge < -0.3 is 4.74 Å². The van der Waals surface area contributed by atoms with E-state index in [2.05, 4.69) is 30.7 Å². The average Bonchev–Trinajstić information content (AvgIpc) is 2.87. The molecule has 0 saturated heterocycles. The Hall–Kier alpha value is -1.21. The van der Waals surface area contributed by atoms with Crippen LogP contribution in [0.3, 0.4) is 0 Å². The summed E-state index contributed by atoms with van der Waals surface area (Å²) in [6.07, 6.45) is 1.51. The highest BCUT2D eigenvalue weighted by Crippen LogP contribution is 2.22. The number of carbonyl (C=O) groups is 1. The van der Waals surface area contributed by atoms with Crippen molar-refractivity contribution >= 4 is 33.2 Å². The number of carbonyl (C=O) groups excluding carboxylic acids is 1. The summed E-state index contributed by atoms with van der Waals surface area (Å²) >= 11 is 5.00. The van der Waals surface area contributed by atoms with E-state index in [0.717, 1.165) is 8.66 Å². The van der Waals surface area contributed by atoms with Crippen molar-refractivity contribution < 1.29 is 9.53 Å². The largest absolute Gasteiger partial charge is 0.463 e. The van der Waals surface area contributed by atoms with E-state index in [0.29, 0.717) is 6.54 Å². The van der Waals surface area contributed by atoms with E-state index in [1.165, 1.54) is 13.4 Å². The van der Waals surface area contributed by atoms with E-state index in [4.69, 9.17) is 0 Å². The van der Waals surface area contributed by atoms with Crippen molar-refractivity contribution in [1.29, 1.82) is 0 Å².